The Morgan fingerprint density at radius 1 is 1.15 bits per heavy atom. The van der Waals surface area contributed by atoms with Gasteiger partial charge in [0.05, 0.1) is 30.1 Å². The summed E-state index contributed by atoms with van der Waals surface area (Å²) < 4.78 is 50.5. The maximum atomic E-state index is 13.2. The number of amides is 3. The van der Waals surface area contributed by atoms with E-state index in [-0.39, 0.29) is 25.6 Å². The minimum absolute atomic E-state index is 0.00868. The van der Waals surface area contributed by atoms with Crippen LogP contribution in [0.3, 0.4) is 0 Å². The van der Waals surface area contributed by atoms with E-state index in [9.17, 15) is 27.6 Å². The number of halogens is 3. The van der Waals surface area contributed by atoms with Crippen LogP contribution in [0.2, 0.25) is 0 Å². The number of alkyl halides is 3. The molecule has 0 fully saturated rings. The summed E-state index contributed by atoms with van der Waals surface area (Å²) in [5, 5.41) is 2.23. The molecule has 0 bridgehead atoms. The van der Waals surface area contributed by atoms with E-state index in [1.165, 1.54) is 31.1 Å². The van der Waals surface area contributed by atoms with Gasteiger partial charge in [0.1, 0.15) is 12.3 Å². The van der Waals surface area contributed by atoms with Crippen molar-refractivity contribution in [3.63, 3.8) is 0 Å². The standard InChI is InChI=1S/C23H24F3N3O5/c1-15(30)29-13-20(34-19-10-6-5-9-18(19)29)22(32)28(11-12-33-2)14-21(31)27-17-8-4-3-7-16(17)23(24,25)26/h3-10,20H,11-14H2,1-2H3,(H,27,31). The Morgan fingerprint density at radius 2 is 1.82 bits per heavy atom. The Balaban J connectivity index is 1.78. The molecule has 0 aliphatic carbocycles. The van der Waals surface area contributed by atoms with Crippen LogP contribution in [0.1, 0.15) is 12.5 Å². The maximum absolute atomic E-state index is 13.2. The van der Waals surface area contributed by atoms with Gasteiger partial charge in [-0.05, 0) is 24.3 Å². The van der Waals surface area contributed by atoms with E-state index in [2.05, 4.69) is 5.32 Å². The fraction of sp³-hybridized carbons (Fsp3) is 0.348. The van der Waals surface area contributed by atoms with Gasteiger partial charge in [-0.15, -0.1) is 0 Å². The van der Waals surface area contributed by atoms with Crippen molar-refractivity contribution in [1.29, 1.82) is 0 Å². The molecule has 1 aliphatic rings. The van der Waals surface area contributed by atoms with Crippen molar-refractivity contribution >= 4 is 29.1 Å². The number of methoxy groups -OCH3 is 1. The number of carbonyl (C=O) groups excluding carboxylic acids is 3. The molecule has 0 saturated heterocycles. The van der Waals surface area contributed by atoms with Crippen molar-refractivity contribution in [2.24, 2.45) is 0 Å². The number of nitrogens with zero attached hydrogens (tertiary/aromatic N) is 2. The topological polar surface area (TPSA) is 88.2 Å². The molecule has 1 N–H and O–H groups in total. The van der Waals surface area contributed by atoms with Crippen LogP contribution < -0.4 is 15.0 Å². The van der Waals surface area contributed by atoms with Crippen molar-refractivity contribution in [1.82, 2.24) is 4.90 Å². The largest absolute Gasteiger partial charge is 0.476 e. The summed E-state index contributed by atoms with van der Waals surface area (Å²) in [7, 11) is 1.41. The summed E-state index contributed by atoms with van der Waals surface area (Å²) in [5.41, 5.74) is -0.892. The molecule has 0 saturated carbocycles. The lowest BCUT2D eigenvalue weighted by Gasteiger charge is -2.35. The van der Waals surface area contributed by atoms with Crippen LogP contribution in [0.15, 0.2) is 48.5 Å². The van der Waals surface area contributed by atoms with E-state index in [1.807, 2.05) is 0 Å². The monoisotopic (exact) mass is 479 g/mol. The average Bonchev–Trinajstić information content (AvgIpc) is 2.80. The molecule has 11 heteroatoms. The number of rotatable bonds is 7. The Kier molecular flexibility index (Phi) is 7.77. The molecular weight excluding hydrogens is 455 g/mol. The molecular formula is C23H24F3N3O5. The summed E-state index contributed by atoms with van der Waals surface area (Å²) in [6.07, 6.45) is -5.76. The molecule has 2 aromatic rings. The molecule has 182 valence electrons. The highest BCUT2D eigenvalue weighted by molar-refractivity contribution is 5.98. The Labute approximate surface area is 194 Å². The van der Waals surface area contributed by atoms with Gasteiger partial charge in [0.15, 0.2) is 6.10 Å². The third-order valence-corrected chi connectivity index (χ3v) is 5.15. The molecule has 3 rings (SSSR count). The Hall–Kier alpha value is -3.60. The summed E-state index contributed by atoms with van der Waals surface area (Å²) in [5.74, 6) is -1.38. The van der Waals surface area contributed by atoms with Crippen molar-refractivity contribution < 1.29 is 37.0 Å². The van der Waals surface area contributed by atoms with E-state index in [0.29, 0.717) is 11.4 Å². The highest BCUT2D eigenvalue weighted by atomic mass is 19.4. The normalized spacial score (nSPS) is 15.2. The van der Waals surface area contributed by atoms with E-state index in [1.54, 1.807) is 24.3 Å². The Bertz CT molecular complexity index is 1060. The molecule has 0 spiro atoms. The molecule has 8 nitrogen and oxygen atoms in total. The zero-order chi connectivity index (χ0) is 24.9. The number of carbonyl (C=O) groups is 3. The molecule has 1 heterocycles. The quantitative estimate of drug-likeness (QED) is 0.660. The number of fused-ring (bicyclic) bond motifs is 1. The SMILES string of the molecule is COCCN(CC(=O)Nc1ccccc1C(F)(F)F)C(=O)C1CN(C(C)=O)c2ccccc2O1. The number of hydrogen-bond donors (Lipinski definition) is 1. The van der Waals surface area contributed by atoms with Gasteiger partial charge in [-0.1, -0.05) is 24.3 Å². The van der Waals surface area contributed by atoms with Crippen LogP contribution in [0, 0.1) is 0 Å². The number of ether oxygens (including phenoxy) is 2. The second-order valence-electron chi connectivity index (χ2n) is 7.55. The van der Waals surface area contributed by atoms with Crippen molar-refractivity contribution in [2.45, 2.75) is 19.2 Å². The van der Waals surface area contributed by atoms with Crippen LogP contribution in [-0.2, 0) is 25.3 Å². The predicted octanol–water partition coefficient (Wildman–Crippen LogP) is 2.93. The minimum Gasteiger partial charge on any atom is -0.476 e. The Morgan fingerprint density at radius 3 is 2.50 bits per heavy atom. The zero-order valence-corrected chi connectivity index (χ0v) is 18.6. The van der Waals surface area contributed by atoms with Crippen LogP contribution in [-0.4, -0.2) is 62.1 Å². The van der Waals surface area contributed by atoms with Gasteiger partial charge in [-0.2, -0.15) is 13.2 Å². The van der Waals surface area contributed by atoms with Crippen LogP contribution in [0.4, 0.5) is 24.5 Å². The highest BCUT2D eigenvalue weighted by Crippen LogP contribution is 2.35. The number of benzene rings is 2. The van der Waals surface area contributed by atoms with E-state index < -0.39 is 41.9 Å². The summed E-state index contributed by atoms with van der Waals surface area (Å²) in [6, 6.07) is 11.3. The van der Waals surface area contributed by atoms with Gasteiger partial charge >= 0.3 is 6.18 Å². The van der Waals surface area contributed by atoms with E-state index in [0.717, 1.165) is 17.0 Å². The summed E-state index contributed by atoms with van der Waals surface area (Å²) in [4.78, 5) is 40.5. The summed E-state index contributed by atoms with van der Waals surface area (Å²) >= 11 is 0. The average molecular weight is 479 g/mol. The van der Waals surface area contributed by atoms with Gasteiger partial charge < -0.3 is 24.6 Å². The summed E-state index contributed by atoms with van der Waals surface area (Å²) in [6.45, 7) is 0.824. The molecule has 2 aromatic carbocycles. The first-order chi connectivity index (χ1) is 16.1. The lowest BCUT2D eigenvalue weighted by atomic mass is 10.1. The van der Waals surface area contributed by atoms with Gasteiger partial charge in [-0.25, -0.2) is 0 Å². The first-order valence-electron chi connectivity index (χ1n) is 10.4. The zero-order valence-electron chi connectivity index (χ0n) is 18.6. The van der Waals surface area contributed by atoms with Crippen molar-refractivity contribution in [3.8, 4) is 5.75 Å². The third kappa shape index (κ3) is 5.84. The van der Waals surface area contributed by atoms with Crippen LogP contribution in [0.5, 0.6) is 5.75 Å². The van der Waals surface area contributed by atoms with Crippen LogP contribution in [0.25, 0.3) is 0 Å². The van der Waals surface area contributed by atoms with Crippen molar-refractivity contribution in [2.75, 3.05) is 43.6 Å². The fourth-order valence-corrected chi connectivity index (χ4v) is 3.54. The van der Waals surface area contributed by atoms with Gasteiger partial charge in [0, 0.05) is 20.6 Å². The lowest BCUT2D eigenvalue weighted by molar-refractivity contribution is -0.142. The number of para-hydroxylation sites is 3. The second kappa shape index (κ2) is 10.6. The molecule has 0 aromatic heterocycles. The molecule has 1 atom stereocenters. The minimum atomic E-state index is -4.66. The molecule has 0 radical (unpaired) electrons. The van der Waals surface area contributed by atoms with E-state index >= 15 is 0 Å². The molecule has 3 amide bonds. The van der Waals surface area contributed by atoms with Gasteiger partial charge in [0.25, 0.3) is 5.91 Å². The molecule has 34 heavy (non-hydrogen) atoms. The number of anilines is 2. The second-order valence-corrected chi connectivity index (χ2v) is 7.55. The van der Waals surface area contributed by atoms with E-state index in [4.69, 9.17) is 9.47 Å². The lowest BCUT2D eigenvalue weighted by Crippen LogP contribution is -2.53. The number of hydrogen-bond acceptors (Lipinski definition) is 5. The smallest absolute Gasteiger partial charge is 0.418 e. The fourth-order valence-electron chi connectivity index (χ4n) is 3.54. The van der Waals surface area contributed by atoms with Gasteiger partial charge in [0.2, 0.25) is 11.8 Å². The first kappa shape index (κ1) is 25.0. The highest BCUT2D eigenvalue weighted by Gasteiger charge is 2.36. The maximum Gasteiger partial charge on any atom is 0.418 e. The van der Waals surface area contributed by atoms with Gasteiger partial charge in [-0.3, -0.25) is 14.4 Å². The predicted molar refractivity (Wildman–Crippen MR) is 117 cm³/mol. The van der Waals surface area contributed by atoms with Crippen LogP contribution >= 0.6 is 0 Å². The molecule has 1 aliphatic heterocycles. The third-order valence-electron chi connectivity index (χ3n) is 5.15. The first-order valence-corrected chi connectivity index (χ1v) is 10.4. The molecule has 1 unspecified atom stereocenters. The van der Waals surface area contributed by atoms with Crippen molar-refractivity contribution in [3.05, 3.63) is 54.1 Å². The number of nitrogens with one attached hydrogen (secondary N) is 1.